The zero-order valence-electron chi connectivity index (χ0n) is 14.4. The number of unbranched alkanes of at least 4 members (excludes halogenated alkanes) is 4. The van der Waals surface area contributed by atoms with E-state index in [1.807, 2.05) is 19.1 Å². The van der Waals surface area contributed by atoms with Crippen LogP contribution in [0.15, 0.2) is 24.5 Å². The van der Waals surface area contributed by atoms with Crippen molar-refractivity contribution in [3.8, 4) is 0 Å². The molecule has 0 radical (unpaired) electrons. The Morgan fingerprint density at radius 1 is 1.09 bits per heavy atom. The van der Waals surface area contributed by atoms with Crippen LogP contribution in [0.3, 0.4) is 0 Å². The average Bonchev–Trinajstić information content (AvgIpc) is 2.59. The third-order valence-electron chi connectivity index (χ3n) is 5.04. The molecule has 0 aliphatic carbocycles. The molecule has 126 valence electrons. The summed E-state index contributed by atoms with van der Waals surface area (Å²) in [5.74, 6) is -0.0263. The first-order valence-electron chi connectivity index (χ1n) is 8.91. The standard InChI is InChI=1S/C19H28N2O2/c1-3-5-6-7-8-15-21-17(22)9-12-19(4-2,18(21)23)16-10-13-20-14-11-16/h10-11,13-14H,3-9,12,15H2,1-2H3/t19-/m1/s1. The van der Waals surface area contributed by atoms with Crippen molar-refractivity contribution in [1.29, 1.82) is 0 Å². The van der Waals surface area contributed by atoms with Crippen molar-refractivity contribution in [1.82, 2.24) is 9.88 Å². The lowest BCUT2D eigenvalue weighted by atomic mass is 9.71. The molecule has 1 aromatic heterocycles. The Morgan fingerprint density at radius 3 is 2.43 bits per heavy atom. The van der Waals surface area contributed by atoms with Gasteiger partial charge < -0.3 is 0 Å². The van der Waals surface area contributed by atoms with Gasteiger partial charge in [-0.05, 0) is 37.0 Å². The normalized spacial score (nSPS) is 21.7. The molecule has 0 N–H and O–H groups in total. The number of rotatable bonds is 8. The Labute approximate surface area is 139 Å². The van der Waals surface area contributed by atoms with Crippen LogP contribution in [-0.4, -0.2) is 28.2 Å². The molecule has 2 rings (SSSR count). The van der Waals surface area contributed by atoms with E-state index in [2.05, 4.69) is 11.9 Å². The van der Waals surface area contributed by atoms with E-state index in [1.165, 1.54) is 24.2 Å². The lowest BCUT2D eigenvalue weighted by Gasteiger charge is -2.40. The Balaban J connectivity index is 2.11. The van der Waals surface area contributed by atoms with Gasteiger partial charge in [0.15, 0.2) is 0 Å². The van der Waals surface area contributed by atoms with Crippen molar-refractivity contribution in [3.05, 3.63) is 30.1 Å². The number of hydrogen-bond acceptors (Lipinski definition) is 3. The lowest BCUT2D eigenvalue weighted by Crippen LogP contribution is -2.54. The maximum Gasteiger partial charge on any atom is 0.239 e. The number of amides is 2. The number of carbonyl (C=O) groups excluding carboxylic acids is 2. The Morgan fingerprint density at radius 2 is 1.78 bits per heavy atom. The number of nitrogens with zero attached hydrogens (tertiary/aromatic N) is 2. The van der Waals surface area contributed by atoms with Crippen LogP contribution >= 0.6 is 0 Å². The molecule has 0 aromatic carbocycles. The lowest BCUT2D eigenvalue weighted by molar-refractivity contribution is -0.153. The molecule has 4 heteroatoms. The minimum Gasteiger partial charge on any atom is -0.282 e. The maximum absolute atomic E-state index is 13.1. The third kappa shape index (κ3) is 3.80. The van der Waals surface area contributed by atoms with Crippen molar-refractivity contribution in [2.75, 3.05) is 6.54 Å². The van der Waals surface area contributed by atoms with Crippen LogP contribution < -0.4 is 0 Å². The van der Waals surface area contributed by atoms with Crippen LogP contribution in [-0.2, 0) is 15.0 Å². The largest absolute Gasteiger partial charge is 0.282 e. The second-order valence-electron chi connectivity index (χ2n) is 6.44. The summed E-state index contributed by atoms with van der Waals surface area (Å²) in [5, 5.41) is 0. The second kappa shape index (κ2) is 8.23. The molecule has 0 spiro atoms. The molecule has 1 aliphatic rings. The minimum atomic E-state index is -0.555. The topological polar surface area (TPSA) is 50.3 Å². The summed E-state index contributed by atoms with van der Waals surface area (Å²) in [6.45, 7) is 4.78. The maximum atomic E-state index is 13.1. The third-order valence-corrected chi connectivity index (χ3v) is 5.04. The zero-order valence-corrected chi connectivity index (χ0v) is 14.4. The van der Waals surface area contributed by atoms with Gasteiger partial charge in [-0.1, -0.05) is 39.5 Å². The number of aromatic nitrogens is 1. The highest BCUT2D eigenvalue weighted by Crippen LogP contribution is 2.38. The molecular weight excluding hydrogens is 288 g/mol. The minimum absolute atomic E-state index is 0.0105. The van der Waals surface area contributed by atoms with Gasteiger partial charge in [0.1, 0.15) is 0 Å². The van der Waals surface area contributed by atoms with Crippen LogP contribution in [0, 0.1) is 0 Å². The number of likely N-dealkylation sites (tertiary alicyclic amines) is 1. The summed E-state index contributed by atoms with van der Waals surface area (Å²) < 4.78 is 0. The van der Waals surface area contributed by atoms with Crippen molar-refractivity contribution in [2.45, 2.75) is 70.6 Å². The highest BCUT2D eigenvalue weighted by atomic mass is 16.2. The quantitative estimate of drug-likeness (QED) is 0.541. The molecule has 1 saturated heterocycles. The Kier molecular flexibility index (Phi) is 6.31. The smallest absolute Gasteiger partial charge is 0.239 e. The van der Waals surface area contributed by atoms with E-state index >= 15 is 0 Å². The molecule has 0 saturated carbocycles. The second-order valence-corrected chi connectivity index (χ2v) is 6.44. The molecular formula is C19H28N2O2. The predicted octanol–water partition coefficient (Wildman–Crippen LogP) is 3.85. The van der Waals surface area contributed by atoms with E-state index in [1.54, 1.807) is 12.4 Å². The van der Waals surface area contributed by atoms with Gasteiger partial charge in [0.2, 0.25) is 11.8 Å². The van der Waals surface area contributed by atoms with Crippen molar-refractivity contribution in [3.63, 3.8) is 0 Å². The number of hydrogen-bond donors (Lipinski definition) is 0. The van der Waals surface area contributed by atoms with Gasteiger partial charge in [-0.25, -0.2) is 0 Å². The highest BCUT2D eigenvalue weighted by Gasteiger charge is 2.46. The molecule has 0 bridgehead atoms. The van der Waals surface area contributed by atoms with Gasteiger partial charge in [0.05, 0.1) is 5.41 Å². The number of imide groups is 1. The van der Waals surface area contributed by atoms with Gasteiger partial charge >= 0.3 is 0 Å². The predicted molar refractivity (Wildman–Crippen MR) is 90.9 cm³/mol. The molecule has 0 unspecified atom stereocenters. The summed E-state index contributed by atoms with van der Waals surface area (Å²) in [7, 11) is 0. The Hall–Kier alpha value is -1.71. The van der Waals surface area contributed by atoms with E-state index < -0.39 is 5.41 Å². The first-order chi connectivity index (χ1) is 11.2. The van der Waals surface area contributed by atoms with Crippen molar-refractivity contribution < 1.29 is 9.59 Å². The van der Waals surface area contributed by atoms with Crippen LogP contribution in [0.4, 0.5) is 0 Å². The van der Waals surface area contributed by atoms with Crippen LogP contribution in [0.25, 0.3) is 0 Å². The van der Waals surface area contributed by atoms with E-state index in [9.17, 15) is 9.59 Å². The monoisotopic (exact) mass is 316 g/mol. The van der Waals surface area contributed by atoms with E-state index in [0.717, 1.165) is 24.8 Å². The van der Waals surface area contributed by atoms with E-state index in [-0.39, 0.29) is 11.8 Å². The average molecular weight is 316 g/mol. The zero-order chi connectivity index (χ0) is 16.7. The molecule has 1 fully saturated rings. The van der Waals surface area contributed by atoms with Gasteiger partial charge in [-0.15, -0.1) is 0 Å². The van der Waals surface area contributed by atoms with Gasteiger partial charge in [0.25, 0.3) is 0 Å². The fraction of sp³-hybridized carbons (Fsp3) is 0.632. The van der Waals surface area contributed by atoms with Crippen LogP contribution in [0.1, 0.15) is 70.8 Å². The van der Waals surface area contributed by atoms with E-state index in [4.69, 9.17) is 0 Å². The van der Waals surface area contributed by atoms with Crippen LogP contribution in [0.5, 0.6) is 0 Å². The summed E-state index contributed by atoms with van der Waals surface area (Å²) >= 11 is 0. The summed E-state index contributed by atoms with van der Waals surface area (Å²) in [4.78, 5) is 30.9. The number of pyridine rings is 1. The molecule has 4 nitrogen and oxygen atoms in total. The SMILES string of the molecule is CCCCCCCN1C(=O)CC[C@](CC)(c2ccncc2)C1=O. The molecule has 2 heterocycles. The van der Waals surface area contributed by atoms with Gasteiger partial charge in [0, 0.05) is 25.4 Å². The fourth-order valence-corrected chi connectivity index (χ4v) is 3.50. The fourth-order valence-electron chi connectivity index (χ4n) is 3.50. The molecule has 1 atom stereocenters. The molecule has 2 amide bonds. The highest BCUT2D eigenvalue weighted by molar-refractivity contribution is 6.03. The van der Waals surface area contributed by atoms with Crippen molar-refractivity contribution in [2.24, 2.45) is 0 Å². The summed E-state index contributed by atoms with van der Waals surface area (Å²) in [5.41, 5.74) is 0.434. The summed E-state index contributed by atoms with van der Waals surface area (Å²) in [6.07, 6.45) is 10.8. The van der Waals surface area contributed by atoms with Crippen molar-refractivity contribution >= 4 is 11.8 Å². The molecule has 1 aromatic rings. The first-order valence-corrected chi connectivity index (χ1v) is 8.91. The van der Waals surface area contributed by atoms with Crippen LogP contribution in [0.2, 0.25) is 0 Å². The van der Waals surface area contributed by atoms with Gasteiger partial charge in [-0.2, -0.15) is 0 Å². The van der Waals surface area contributed by atoms with Gasteiger partial charge in [-0.3, -0.25) is 19.5 Å². The first kappa shape index (κ1) is 17.6. The number of piperidine rings is 1. The number of carbonyl (C=O) groups is 2. The summed E-state index contributed by atoms with van der Waals surface area (Å²) in [6, 6.07) is 3.83. The Bertz CT molecular complexity index is 529. The molecule has 1 aliphatic heterocycles. The molecule has 23 heavy (non-hydrogen) atoms. The van der Waals surface area contributed by atoms with E-state index in [0.29, 0.717) is 19.4 Å².